The van der Waals surface area contributed by atoms with Crippen molar-refractivity contribution in [3.05, 3.63) is 35.1 Å². The number of aryl methyl sites for hydroxylation is 1. The summed E-state index contributed by atoms with van der Waals surface area (Å²) in [4.78, 5) is 0. The number of halogens is 1. The minimum Gasteiger partial charge on any atom is -0.352 e. The van der Waals surface area contributed by atoms with Crippen LogP contribution in [0, 0.1) is 17.7 Å². The van der Waals surface area contributed by atoms with Crippen LogP contribution in [0.25, 0.3) is 0 Å². The Morgan fingerprint density at radius 1 is 0.862 bits per heavy atom. The molecule has 1 saturated carbocycles. The smallest absolute Gasteiger partial charge is 0.157 e. The van der Waals surface area contributed by atoms with E-state index >= 15 is 0 Å². The maximum absolute atomic E-state index is 14.8. The van der Waals surface area contributed by atoms with E-state index < -0.39 is 0 Å². The molecule has 1 aliphatic carbocycles. The van der Waals surface area contributed by atoms with Gasteiger partial charge in [-0.25, -0.2) is 4.39 Å². The highest BCUT2D eigenvalue weighted by atomic mass is 19.1. The Labute approximate surface area is 177 Å². The molecule has 29 heavy (non-hydrogen) atoms. The molecule has 1 aromatic carbocycles. The minimum absolute atomic E-state index is 0.0112. The molecular weight excluding hydrogens is 363 g/mol. The van der Waals surface area contributed by atoms with Crippen LogP contribution in [0.1, 0.15) is 102 Å². The highest BCUT2D eigenvalue weighted by molar-refractivity contribution is 5.28. The van der Waals surface area contributed by atoms with E-state index in [2.05, 4.69) is 19.9 Å². The Bertz CT molecular complexity index is 586. The van der Waals surface area contributed by atoms with Gasteiger partial charge in [0.25, 0.3) is 0 Å². The van der Waals surface area contributed by atoms with Gasteiger partial charge in [0.1, 0.15) is 5.82 Å². The molecule has 0 amide bonds. The first kappa shape index (κ1) is 22.7. The van der Waals surface area contributed by atoms with Crippen LogP contribution < -0.4 is 0 Å². The zero-order valence-corrected chi connectivity index (χ0v) is 18.6. The maximum atomic E-state index is 14.8. The maximum Gasteiger partial charge on any atom is 0.157 e. The first-order chi connectivity index (χ1) is 14.2. The summed E-state index contributed by atoms with van der Waals surface area (Å²) in [6.07, 6.45) is 13.9. The van der Waals surface area contributed by atoms with Crippen LogP contribution in [-0.2, 0) is 15.9 Å². The molecule has 1 aromatic rings. The lowest BCUT2D eigenvalue weighted by Gasteiger charge is -2.30. The van der Waals surface area contributed by atoms with Crippen LogP contribution in [0.2, 0.25) is 0 Å². The summed E-state index contributed by atoms with van der Waals surface area (Å²) in [5.41, 5.74) is 1.99. The Hall–Kier alpha value is -0.930. The van der Waals surface area contributed by atoms with E-state index in [1.165, 1.54) is 51.4 Å². The van der Waals surface area contributed by atoms with Crippen LogP contribution in [0.5, 0.6) is 0 Å². The molecule has 0 bridgehead atoms. The molecule has 1 heterocycles. The van der Waals surface area contributed by atoms with Crippen molar-refractivity contribution in [2.75, 3.05) is 13.2 Å². The number of rotatable bonds is 10. The van der Waals surface area contributed by atoms with Gasteiger partial charge in [0.2, 0.25) is 0 Å². The molecule has 0 N–H and O–H groups in total. The van der Waals surface area contributed by atoms with Gasteiger partial charge in [0.05, 0.1) is 13.2 Å². The molecule has 2 nitrogen and oxygen atoms in total. The van der Waals surface area contributed by atoms with Crippen LogP contribution in [0.4, 0.5) is 4.39 Å². The first-order valence-electron chi connectivity index (χ1n) is 12.2. The van der Waals surface area contributed by atoms with E-state index in [4.69, 9.17) is 9.47 Å². The van der Waals surface area contributed by atoms with Crippen molar-refractivity contribution in [2.45, 2.75) is 103 Å². The molecule has 2 aliphatic rings. The highest BCUT2D eigenvalue weighted by Gasteiger charge is 2.25. The third-order valence-corrected chi connectivity index (χ3v) is 6.97. The molecule has 0 unspecified atom stereocenters. The Morgan fingerprint density at radius 3 is 2.28 bits per heavy atom. The summed E-state index contributed by atoms with van der Waals surface area (Å²) >= 11 is 0. The minimum atomic E-state index is -0.131. The zero-order chi connectivity index (χ0) is 20.5. The fourth-order valence-electron chi connectivity index (χ4n) is 5.11. The second-order valence-corrected chi connectivity index (χ2v) is 9.36. The van der Waals surface area contributed by atoms with Crippen LogP contribution >= 0.6 is 0 Å². The molecule has 1 saturated heterocycles. The normalized spacial score (nSPS) is 27.8. The van der Waals surface area contributed by atoms with Crippen LogP contribution in [-0.4, -0.2) is 19.5 Å². The third kappa shape index (κ3) is 7.07. The first-order valence-corrected chi connectivity index (χ1v) is 12.2. The molecule has 164 valence electrons. The van der Waals surface area contributed by atoms with E-state index in [9.17, 15) is 4.39 Å². The van der Waals surface area contributed by atoms with Gasteiger partial charge in [-0.2, -0.15) is 0 Å². The molecular formula is C26H41FO2. The number of ether oxygens (including phenoxy) is 2. The number of hydrogen-bond donors (Lipinski definition) is 0. The quantitative estimate of drug-likeness (QED) is 0.378. The fourth-order valence-corrected chi connectivity index (χ4v) is 5.11. The third-order valence-electron chi connectivity index (χ3n) is 6.97. The Balaban J connectivity index is 1.41. The Morgan fingerprint density at radius 2 is 1.62 bits per heavy atom. The average molecular weight is 405 g/mol. The number of unbranched alkanes of at least 4 members (excludes halogenated alkanes) is 2. The largest absolute Gasteiger partial charge is 0.352 e. The summed E-state index contributed by atoms with van der Waals surface area (Å²) < 4.78 is 26.6. The highest BCUT2D eigenvalue weighted by Crippen LogP contribution is 2.38. The van der Waals surface area contributed by atoms with Gasteiger partial charge >= 0.3 is 0 Å². The molecule has 0 aromatic heterocycles. The molecule has 3 heteroatoms. The zero-order valence-electron chi connectivity index (χ0n) is 18.6. The number of benzene rings is 1. The molecule has 2 fully saturated rings. The monoisotopic (exact) mass is 404 g/mol. The van der Waals surface area contributed by atoms with Crippen LogP contribution in [0.3, 0.4) is 0 Å². The second kappa shape index (κ2) is 12.1. The number of hydrogen-bond acceptors (Lipinski definition) is 2. The lowest BCUT2D eigenvalue weighted by Crippen LogP contribution is -2.32. The van der Waals surface area contributed by atoms with Crippen molar-refractivity contribution in [3.8, 4) is 0 Å². The molecule has 1 aliphatic heterocycles. The van der Waals surface area contributed by atoms with Gasteiger partial charge in [0.15, 0.2) is 6.29 Å². The van der Waals surface area contributed by atoms with Gasteiger partial charge in [0, 0.05) is 12.3 Å². The van der Waals surface area contributed by atoms with Crippen molar-refractivity contribution in [1.29, 1.82) is 0 Å². The average Bonchev–Trinajstić information content (AvgIpc) is 2.74. The molecule has 0 radical (unpaired) electrons. The lowest BCUT2D eigenvalue weighted by molar-refractivity contribution is -0.203. The van der Waals surface area contributed by atoms with Gasteiger partial charge < -0.3 is 9.47 Å². The second-order valence-electron chi connectivity index (χ2n) is 9.36. The lowest BCUT2D eigenvalue weighted by atomic mass is 9.77. The van der Waals surface area contributed by atoms with E-state index in [1.807, 2.05) is 6.07 Å². The molecule has 3 rings (SSSR count). The van der Waals surface area contributed by atoms with Gasteiger partial charge in [-0.15, -0.1) is 0 Å². The standard InChI is InChI=1S/C26H41FO2/c1-3-5-6-8-22-18-28-26(29-19-22)16-12-21-11-15-24(25(27)17-21)23-13-9-20(7-4-2)10-14-23/h11,15,17,20,22-23,26H,3-10,12-14,16,18-19H2,1-2H3/t20-,22?,23-,26?. The predicted molar refractivity (Wildman–Crippen MR) is 118 cm³/mol. The molecule has 0 spiro atoms. The summed E-state index contributed by atoms with van der Waals surface area (Å²) in [5, 5.41) is 0. The van der Waals surface area contributed by atoms with Crippen molar-refractivity contribution in [2.24, 2.45) is 11.8 Å². The van der Waals surface area contributed by atoms with E-state index in [0.29, 0.717) is 11.8 Å². The summed E-state index contributed by atoms with van der Waals surface area (Å²) in [5.74, 6) is 1.80. The van der Waals surface area contributed by atoms with E-state index in [1.54, 1.807) is 6.07 Å². The summed E-state index contributed by atoms with van der Waals surface area (Å²) in [6.45, 7) is 6.11. The Kier molecular flexibility index (Phi) is 9.45. The summed E-state index contributed by atoms with van der Waals surface area (Å²) in [6, 6.07) is 5.92. The van der Waals surface area contributed by atoms with Crippen molar-refractivity contribution in [1.82, 2.24) is 0 Å². The van der Waals surface area contributed by atoms with E-state index in [0.717, 1.165) is 55.9 Å². The molecule has 0 atom stereocenters. The fraction of sp³-hybridized carbons (Fsp3) is 0.769. The van der Waals surface area contributed by atoms with Gasteiger partial charge in [-0.05, 0) is 67.6 Å². The topological polar surface area (TPSA) is 18.5 Å². The predicted octanol–water partition coefficient (Wildman–Crippen LogP) is 7.40. The van der Waals surface area contributed by atoms with Crippen molar-refractivity contribution in [3.63, 3.8) is 0 Å². The SMILES string of the molecule is CCCCCC1COC(CCc2ccc([C@H]3CC[C@H](CCC)CC3)c(F)c2)OC1. The van der Waals surface area contributed by atoms with E-state index in [-0.39, 0.29) is 12.1 Å². The van der Waals surface area contributed by atoms with Crippen molar-refractivity contribution >= 4 is 0 Å². The van der Waals surface area contributed by atoms with Crippen LogP contribution in [0.15, 0.2) is 18.2 Å². The van der Waals surface area contributed by atoms with Gasteiger partial charge in [-0.3, -0.25) is 0 Å². The summed E-state index contributed by atoms with van der Waals surface area (Å²) in [7, 11) is 0. The van der Waals surface area contributed by atoms with Gasteiger partial charge in [-0.1, -0.05) is 58.1 Å². The van der Waals surface area contributed by atoms with Crippen molar-refractivity contribution < 1.29 is 13.9 Å².